The van der Waals surface area contributed by atoms with Crippen molar-refractivity contribution in [1.82, 2.24) is 10.3 Å². The molecule has 3 aromatic rings. The van der Waals surface area contributed by atoms with Crippen molar-refractivity contribution in [2.24, 2.45) is 0 Å². The topological polar surface area (TPSA) is 84.2 Å². The minimum atomic E-state index is -0.122. The van der Waals surface area contributed by atoms with Crippen molar-refractivity contribution in [3.8, 4) is 17.6 Å². The quantitative estimate of drug-likeness (QED) is 0.570. The van der Waals surface area contributed by atoms with E-state index >= 15 is 0 Å². The Morgan fingerprint density at radius 2 is 1.93 bits per heavy atom. The number of aromatic nitrogens is 1. The number of amides is 1. The van der Waals surface area contributed by atoms with Crippen LogP contribution in [-0.2, 0) is 11.3 Å². The summed E-state index contributed by atoms with van der Waals surface area (Å²) in [5.41, 5.74) is 2.18. The lowest BCUT2D eigenvalue weighted by atomic mass is 10.1. The molecule has 7 heteroatoms. The van der Waals surface area contributed by atoms with Gasteiger partial charge in [0.15, 0.2) is 0 Å². The van der Waals surface area contributed by atoms with E-state index < -0.39 is 0 Å². The van der Waals surface area contributed by atoms with Crippen LogP contribution in [0.4, 0.5) is 0 Å². The number of hydrogen-bond donors (Lipinski definition) is 1. The molecule has 1 heterocycles. The van der Waals surface area contributed by atoms with Gasteiger partial charge >= 0.3 is 0 Å². The summed E-state index contributed by atoms with van der Waals surface area (Å²) in [4.78, 5) is 16.8. The molecule has 0 aliphatic heterocycles. The van der Waals surface area contributed by atoms with E-state index in [0.717, 1.165) is 28.0 Å². The number of benzene rings is 2. The molecule has 0 saturated carbocycles. The molecular weight excluding hydrogens is 386 g/mol. The highest BCUT2D eigenvalue weighted by Crippen LogP contribution is 2.27. The van der Waals surface area contributed by atoms with Crippen molar-refractivity contribution < 1.29 is 14.3 Å². The number of thioether (sulfide) groups is 1. The molecule has 0 unspecified atom stereocenters. The third kappa shape index (κ3) is 5.39. The number of carbonyl (C=O) groups is 1. The van der Waals surface area contributed by atoms with Gasteiger partial charge in [-0.1, -0.05) is 23.9 Å². The largest absolute Gasteiger partial charge is 0.497 e. The molecule has 0 aliphatic rings. The monoisotopic (exact) mass is 407 g/mol. The van der Waals surface area contributed by atoms with Crippen molar-refractivity contribution >= 4 is 28.6 Å². The molecule has 3 rings (SSSR count). The number of hydrogen-bond acceptors (Lipinski definition) is 6. The van der Waals surface area contributed by atoms with E-state index in [1.165, 1.54) is 11.8 Å². The Balaban J connectivity index is 1.63. The summed E-state index contributed by atoms with van der Waals surface area (Å²) >= 11 is 1.25. The van der Waals surface area contributed by atoms with Gasteiger partial charge in [0, 0.05) is 11.9 Å². The molecule has 0 spiro atoms. The van der Waals surface area contributed by atoms with E-state index in [4.69, 9.17) is 9.47 Å². The summed E-state index contributed by atoms with van der Waals surface area (Å²) in [5.74, 6) is 1.57. The minimum absolute atomic E-state index is 0.122. The smallest absolute Gasteiger partial charge is 0.230 e. The highest BCUT2D eigenvalue weighted by atomic mass is 32.2. The first-order valence-electron chi connectivity index (χ1n) is 9.13. The lowest BCUT2D eigenvalue weighted by molar-refractivity contribution is -0.118. The highest BCUT2D eigenvalue weighted by molar-refractivity contribution is 8.00. The number of pyridine rings is 1. The Morgan fingerprint density at radius 3 is 2.62 bits per heavy atom. The molecule has 0 fully saturated rings. The van der Waals surface area contributed by atoms with Crippen molar-refractivity contribution in [2.75, 3.05) is 19.5 Å². The minimum Gasteiger partial charge on any atom is -0.497 e. The first-order chi connectivity index (χ1) is 14.1. The zero-order valence-corrected chi connectivity index (χ0v) is 17.1. The van der Waals surface area contributed by atoms with Crippen LogP contribution < -0.4 is 14.8 Å². The number of rotatable bonds is 8. The SMILES string of the molecule is CCOc1ccc2nc(SCC(=O)NCc3ccc(OC)cc3)c(C#N)cc2c1. The fourth-order valence-electron chi connectivity index (χ4n) is 2.71. The fraction of sp³-hybridized carbons (Fsp3) is 0.227. The molecule has 1 N–H and O–H groups in total. The lowest BCUT2D eigenvalue weighted by Crippen LogP contribution is -2.24. The van der Waals surface area contributed by atoms with Crippen molar-refractivity contribution in [3.05, 3.63) is 59.7 Å². The molecular formula is C22H21N3O3S. The molecule has 0 aliphatic carbocycles. The Bertz CT molecular complexity index is 1050. The molecule has 29 heavy (non-hydrogen) atoms. The molecule has 0 saturated heterocycles. The maximum absolute atomic E-state index is 12.2. The highest BCUT2D eigenvalue weighted by Gasteiger charge is 2.11. The zero-order valence-electron chi connectivity index (χ0n) is 16.3. The van der Waals surface area contributed by atoms with Gasteiger partial charge in [-0.05, 0) is 48.9 Å². The molecule has 0 bridgehead atoms. The first-order valence-corrected chi connectivity index (χ1v) is 10.1. The number of nitrogens with one attached hydrogen (secondary N) is 1. The molecule has 2 aromatic carbocycles. The van der Waals surface area contributed by atoms with E-state index in [1.54, 1.807) is 13.2 Å². The standard InChI is InChI=1S/C22H21N3O3S/c1-3-28-19-8-9-20-16(11-19)10-17(12-23)22(25-20)29-14-21(26)24-13-15-4-6-18(27-2)7-5-15/h4-11H,3,13-14H2,1-2H3,(H,24,26). The van der Waals surface area contributed by atoms with Gasteiger partial charge in [-0.15, -0.1) is 0 Å². The van der Waals surface area contributed by atoms with Gasteiger partial charge in [0.25, 0.3) is 0 Å². The van der Waals surface area contributed by atoms with Gasteiger partial charge < -0.3 is 14.8 Å². The average Bonchev–Trinajstić information content (AvgIpc) is 2.76. The van der Waals surface area contributed by atoms with Crippen molar-refractivity contribution in [1.29, 1.82) is 5.26 Å². The predicted molar refractivity (Wildman–Crippen MR) is 113 cm³/mol. The van der Waals surface area contributed by atoms with Gasteiger partial charge in [0.1, 0.15) is 22.6 Å². The van der Waals surface area contributed by atoms with Crippen LogP contribution in [0.25, 0.3) is 10.9 Å². The first kappa shape index (κ1) is 20.5. The Labute approximate surface area is 173 Å². The second-order valence-electron chi connectivity index (χ2n) is 6.15. The van der Waals surface area contributed by atoms with Gasteiger partial charge in [0.05, 0.1) is 30.5 Å². The van der Waals surface area contributed by atoms with Gasteiger partial charge in [-0.3, -0.25) is 4.79 Å². The molecule has 1 amide bonds. The third-order valence-electron chi connectivity index (χ3n) is 4.17. The summed E-state index contributed by atoms with van der Waals surface area (Å²) in [6.07, 6.45) is 0. The van der Waals surface area contributed by atoms with Crippen LogP contribution in [0, 0.1) is 11.3 Å². The number of carbonyl (C=O) groups excluding carboxylic acids is 1. The van der Waals surface area contributed by atoms with Gasteiger partial charge in [-0.2, -0.15) is 5.26 Å². The lowest BCUT2D eigenvalue weighted by Gasteiger charge is -2.09. The summed E-state index contributed by atoms with van der Waals surface area (Å²) in [6, 6.07) is 17.0. The average molecular weight is 407 g/mol. The van der Waals surface area contributed by atoms with Crippen LogP contribution >= 0.6 is 11.8 Å². The second kappa shape index (κ2) is 9.80. The number of nitrogens with zero attached hydrogens (tertiary/aromatic N) is 2. The van der Waals surface area contributed by atoms with E-state index in [9.17, 15) is 10.1 Å². The predicted octanol–water partition coefficient (Wildman–Crippen LogP) is 3.92. The van der Waals surface area contributed by atoms with Crippen LogP contribution in [0.1, 0.15) is 18.1 Å². The fourth-order valence-corrected chi connectivity index (χ4v) is 3.51. The van der Waals surface area contributed by atoms with E-state index in [-0.39, 0.29) is 11.7 Å². The van der Waals surface area contributed by atoms with Crippen molar-refractivity contribution in [2.45, 2.75) is 18.5 Å². The number of methoxy groups -OCH3 is 1. The van der Waals surface area contributed by atoms with Gasteiger partial charge in [0.2, 0.25) is 5.91 Å². The van der Waals surface area contributed by atoms with Crippen LogP contribution in [0.2, 0.25) is 0 Å². The molecule has 0 atom stereocenters. The van der Waals surface area contributed by atoms with E-state index in [1.807, 2.05) is 49.4 Å². The molecule has 1 aromatic heterocycles. The summed E-state index contributed by atoms with van der Waals surface area (Å²) < 4.78 is 10.6. The van der Waals surface area contributed by atoms with Crippen LogP contribution in [0.5, 0.6) is 11.5 Å². The third-order valence-corrected chi connectivity index (χ3v) is 5.16. The zero-order chi connectivity index (χ0) is 20.6. The Hall–Kier alpha value is -3.24. The second-order valence-corrected chi connectivity index (χ2v) is 7.12. The van der Waals surface area contributed by atoms with Crippen LogP contribution in [-0.4, -0.2) is 30.4 Å². The maximum atomic E-state index is 12.2. The summed E-state index contributed by atoms with van der Waals surface area (Å²) in [5, 5.41) is 13.7. The maximum Gasteiger partial charge on any atom is 0.230 e. The Morgan fingerprint density at radius 1 is 1.17 bits per heavy atom. The number of fused-ring (bicyclic) bond motifs is 1. The van der Waals surface area contributed by atoms with Gasteiger partial charge in [-0.25, -0.2) is 4.98 Å². The van der Waals surface area contributed by atoms with Crippen LogP contribution in [0.15, 0.2) is 53.6 Å². The number of ether oxygens (including phenoxy) is 2. The van der Waals surface area contributed by atoms with Crippen LogP contribution in [0.3, 0.4) is 0 Å². The number of nitriles is 1. The van der Waals surface area contributed by atoms with E-state index in [0.29, 0.717) is 23.7 Å². The molecule has 0 radical (unpaired) electrons. The van der Waals surface area contributed by atoms with Crippen molar-refractivity contribution in [3.63, 3.8) is 0 Å². The Kier molecular flexibility index (Phi) is 6.93. The van der Waals surface area contributed by atoms with E-state index in [2.05, 4.69) is 16.4 Å². The summed E-state index contributed by atoms with van der Waals surface area (Å²) in [6.45, 7) is 2.92. The summed E-state index contributed by atoms with van der Waals surface area (Å²) in [7, 11) is 1.61. The normalized spacial score (nSPS) is 10.4. The molecule has 148 valence electrons. The molecule has 6 nitrogen and oxygen atoms in total.